The number of carbonyl (C=O) groups excluding carboxylic acids is 1. The monoisotopic (exact) mass is 364 g/mol. The van der Waals surface area contributed by atoms with Gasteiger partial charge in [-0.25, -0.2) is 0 Å². The molecule has 0 radical (unpaired) electrons. The fraction of sp³-hybridized carbons (Fsp3) is 0.316. The highest BCUT2D eigenvalue weighted by molar-refractivity contribution is 6.44. The van der Waals surface area contributed by atoms with Crippen LogP contribution in [0.4, 0.5) is 0 Å². The molecule has 4 N–H and O–H groups in total. The Morgan fingerprint density at radius 1 is 0.750 bits per heavy atom. The molecular weight excluding hydrogens is 343 g/mol. The summed E-state index contributed by atoms with van der Waals surface area (Å²) in [5.74, 6) is -0.537. The molecule has 3 nitrogen and oxygen atoms in total. The number of carbonyl (C=O) groups is 1. The number of benzene rings is 2. The first-order valence-electron chi connectivity index (χ1n) is 7.90. The van der Waals surface area contributed by atoms with Gasteiger partial charge in [0.05, 0.1) is 0 Å². The second-order valence-corrected chi connectivity index (χ2v) is 7.37. The molecule has 128 valence electrons. The fourth-order valence-electron chi connectivity index (χ4n) is 2.51. The number of halogens is 2. The van der Waals surface area contributed by atoms with Gasteiger partial charge >= 0.3 is 0 Å². The molecule has 0 spiro atoms. The summed E-state index contributed by atoms with van der Waals surface area (Å²) in [5, 5.41) is 0. The van der Waals surface area contributed by atoms with Gasteiger partial charge in [-0.15, -0.1) is 0 Å². The fourth-order valence-corrected chi connectivity index (χ4v) is 3.09. The van der Waals surface area contributed by atoms with E-state index in [1.165, 1.54) is 0 Å². The first-order chi connectivity index (χ1) is 11.3. The van der Waals surface area contributed by atoms with Crippen LogP contribution in [0.5, 0.6) is 0 Å². The number of ketones is 1. The van der Waals surface area contributed by atoms with E-state index in [4.69, 9.17) is 34.7 Å². The van der Waals surface area contributed by atoms with Crippen molar-refractivity contribution in [2.24, 2.45) is 11.5 Å². The van der Waals surface area contributed by atoms with E-state index in [-0.39, 0.29) is 12.8 Å². The summed E-state index contributed by atoms with van der Waals surface area (Å²) in [4.78, 5) is 9.45. The molecule has 0 heterocycles. The molecule has 2 atom stereocenters. The van der Waals surface area contributed by atoms with Gasteiger partial charge in [0.1, 0.15) is 0 Å². The van der Waals surface area contributed by atoms with E-state index < -0.39 is 15.8 Å². The zero-order valence-corrected chi connectivity index (χ0v) is 14.9. The lowest BCUT2D eigenvalue weighted by Gasteiger charge is -2.29. The Kier molecular flexibility index (Phi) is 6.41. The van der Waals surface area contributed by atoms with Crippen molar-refractivity contribution in [3.05, 3.63) is 71.8 Å². The predicted octanol–water partition coefficient (Wildman–Crippen LogP) is 3.61. The van der Waals surface area contributed by atoms with Gasteiger partial charge in [-0.1, -0.05) is 83.9 Å². The Morgan fingerprint density at radius 3 is 1.42 bits per heavy atom. The SMILES string of the molecule is NC(Cl)(CCc1ccccc1)C(=O)C(N)(Cl)CCc1ccccc1. The second kappa shape index (κ2) is 8.13. The summed E-state index contributed by atoms with van der Waals surface area (Å²) in [6, 6.07) is 19.4. The molecule has 0 bridgehead atoms. The van der Waals surface area contributed by atoms with E-state index in [0.29, 0.717) is 12.8 Å². The van der Waals surface area contributed by atoms with Crippen molar-refractivity contribution < 1.29 is 4.79 Å². The Labute approximate surface area is 152 Å². The quantitative estimate of drug-likeness (QED) is 0.555. The number of Topliss-reactive ketones (excluding diaryl/α,β-unsaturated/α-hetero) is 1. The molecule has 0 aliphatic rings. The van der Waals surface area contributed by atoms with E-state index >= 15 is 0 Å². The van der Waals surface area contributed by atoms with Gasteiger partial charge in [0.15, 0.2) is 10.00 Å². The molecule has 0 aliphatic heterocycles. The van der Waals surface area contributed by atoms with Crippen molar-refractivity contribution in [3.8, 4) is 0 Å². The third kappa shape index (κ3) is 5.32. The van der Waals surface area contributed by atoms with E-state index in [0.717, 1.165) is 11.1 Å². The minimum atomic E-state index is -1.58. The average Bonchev–Trinajstić information content (AvgIpc) is 2.59. The molecule has 0 aliphatic carbocycles. The average molecular weight is 365 g/mol. The van der Waals surface area contributed by atoms with Crippen molar-refractivity contribution in [1.82, 2.24) is 0 Å². The molecule has 0 saturated carbocycles. The molecule has 2 rings (SSSR count). The van der Waals surface area contributed by atoms with Crippen LogP contribution < -0.4 is 11.5 Å². The minimum Gasteiger partial charge on any atom is -0.306 e. The largest absolute Gasteiger partial charge is 0.306 e. The van der Waals surface area contributed by atoms with Gasteiger partial charge in [0, 0.05) is 0 Å². The van der Waals surface area contributed by atoms with Crippen LogP contribution in [-0.4, -0.2) is 15.8 Å². The lowest BCUT2D eigenvalue weighted by atomic mass is 9.94. The smallest absolute Gasteiger partial charge is 0.202 e. The summed E-state index contributed by atoms with van der Waals surface area (Å²) >= 11 is 12.5. The van der Waals surface area contributed by atoms with Gasteiger partial charge in [0.2, 0.25) is 5.78 Å². The minimum absolute atomic E-state index is 0.272. The maximum atomic E-state index is 12.6. The molecule has 5 heteroatoms. The van der Waals surface area contributed by atoms with Crippen LogP contribution in [0.1, 0.15) is 24.0 Å². The first-order valence-corrected chi connectivity index (χ1v) is 8.65. The normalized spacial score (nSPS) is 16.2. The molecule has 0 aromatic heterocycles. The molecule has 2 unspecified atom stereocenters. The van der Waals surface area contributed by atoms with Crippen LogP contribution in [0, 0.1) is 0 Å². The van der Waals surface area contributed by atoms with Crippen molar-refractivity contribution >= 4 is 29.0 Å². The number of nitrogens with two attached hydrogens (primary N) is 2. The number of hydrogen-bond acceptors (Lipinski definition) is 3. The lowest BCUT2D eigenvalue weighted by molar-refractivity contribution is -0.124. The summed E-state index contributed by atoms with van der Waals surface area (Å²) in [6.07, 6.45) is 1.71. The van der Waals surface area contributed by atoms with Crippen molar-refractivity contribution in [1.29, 1.82) is 0 Å². The van der Waals surface area contributed by atoms with Crippen LogP contribution in [0.2, 0.25) is 0 Å². The predicted molar refractivity (Wildman–Crippen MR) is 100 cm³/mol. The van der Waals surface area contributed by atoms with Gasteiger partial charge in [-0.3, -0.25) is 4.79 Å². The summed E-state index contributed by atoms with van der Waals surface area (Å²) in [7, 11) is 0. The van der Waals surface area contributed by atoms with Crippen LogP contribution >= 0.6 is 23.2 Å². The van der Waals surface area contributed by atoms with Gasteiger partial charge in [-0.05, 0) is 36.8 Å². The van der Waals surface area contributed by atoms with Crippen LogP contribution in [0.25, 0.3) is 0 Å². The van der Waals surface area contributed by atoms with E-state index in [2.05, 4.69) is 0 Å². The van der Waals surface area contributed by atoms with Gasteiger partial charge in [0.25, 0.3) is 0 Å². The summed E-state index contributed by atoms with van der Waals surface area (Å²) in [6.45, 7) is 0. The zero-order chi connectivity index (χ0) is 17.6. The molecule has 0 amide bonds. The Bertz CT molecular complexity index is 600. The van der Waals surface area contributed by atoms with Crippen molar-refractivity contribution in [3.63, 3.8) is 0 Å². The van der Waals surface area contributed by atoms with Crippen LogP contribution in [0.3, 0.4) is 0 Å². The third-order valence-corrected chi connectivity index (χ3v) is 4.72. The van der Waals surface area contributed by atoms with Gasteiger partial charge < -0.3 is 11.5 Å². The highest BCUT2D eigenvalue weighted by Crippen LogP contribution is 2.28. The highest BCUT2D eigenvalue weighted by Gasteiger charge is 2.43. The molecule has 24 heavy (non-hydrogen) atoms. The van der Waals surface area contributed by atoms with Crippen LogP contribution in [0.15, 0.2) is 60.7 Å². The van der Waals surface area contributed by atoms with E-state index in [1.807, 2.05) is 60.7 Å². The number of aryl methyl sites for hydroxylation is 2. The van der Waals surface area contributed by atoms with Crippen molar-refractivity contribution in [2.45, 2.75) is 35.7 Å². The van der Waals surface area contributed by atoms with Crippen molar-refractivity contribution in [2.75, 3.05) is 0 Å². The second-order valence-electron chi connectivity index (χ2n) is 6.03. The van der Waals surface area contributed by atoms with E-state index in [9.17, 15) is 4.79 Å². The Balaban J connectivity index is 1.96. The maximum absolute atomic E-state index is 12.6. The third-order valence-electron chi connectivity index (χ3n) is 4.00. The van der Waals surface area contributed by atoms with Gasteiger partial charge in [-0.2, -0.15) is 0 Å². The standard InChI is InChI=1S/C19H22Cl2N2O/c20-18(22,13-11-15-7-3-1-4-8-15)17(24)19(21,23)14-12-16-9-5-2-6-10-16/h1-10H,11-14,22-23H2. The Morgan fingerprint density at radius 2 is 1.08 bits per heavy atom. The number of hydrogen-bond donors (Lipinski definition) is 2. The molecule has 2 aromatic rings. The number of rotatable bonds is 8. The Hall–Kier alpha value is -1.39. The maximum Gasteiger partial charge on any atom is 0.202 e. The molecule has 0 fully saturated rings. The highest BCUT2D eigenvalue weighted by atomic mass is 35.5. The summed E-state index contributed by atoms with van der Waals surface area (Å²) < 4.78 is 0. The van der Waals surface area contributed by atoms with E-state index in [1.54, 1.807) is 0 Å². The molecular formula is C19H22Cl2N2O. The zero-order valence-electron chi connectivity index (χ0n) is 13.4. The molecule has 2 aromatic carbocycles. The topological polar surface area (TPSA) is 69.1 Å². The first kappa shape index (κ1) is 18.9. The van der Waals surface area contributed by atoms with Crippen LogP contribution in [-0.2, 0) is 17.6 Å². The summed E-state index contributed by atoms with van der Waals surface area (Å²) in [5.41, 5.74) is 14.1. The number of alkyl halides is 2. The lowest BCUT2D eigenvalue weighted by Crippen LogP contribution is -2.57. The molecule has 0 saturated heterocycles.